The minimum absolute atomic E-state index is 0.121. The van der Waals surface area contributed by atoms with Gasteiger partial charge in [0.05, 0.1) is 16.8 Å². The van der Waals surface area contributed by atoms with E-state index in [0.717, 1.165) is 22.1 Å². The number of hydrogen-bond donors (Lipinski definition) is 0. The van der Waals surface area contributed by atoms with Gasteiger partial charge in [0.2, 0.25) is 5.88 Å². The lowest BCUT2D eigenvalue weighted by molar-refractivity contribution is 0.474. The molecule has 0 aliphatic carbocycles. The van der Waals surface area contributed by atoms with Gasteiger partial charge in [0, 0.05) is 11.6 Å². The summed E-state index contributed by atoms with van der Waals surface area (Å²) in [6.07, 6.45) is 1.50. The first-order valence-corrected chi connectivity index (χ1v) is 10.9. The summed E-state index contributed by atoms with van der Waals surface area (Å²) >= 11 is 0. The Labute approximate surface area is 176 Å². The second-order valence-electron chi connectivity index (χ2n) is 6.77. The zero-order valence-electron chi connectivity index (χ0n) is 16.3. The van der Waals surface area contributed by atoms with Gasteiger partial charge in [0.15, 0.2) is 0 Å². The van der Waals surface area contributed by atoms with Crippen LogP contribution in [0.25, 0.3) is 23.0 Å². The number of hydrogen-bond acceptors (Lipinski definition) is 4. The molecule has 0 bridgehead atoms. The second-order valence-corrected chi connectivity index (χ2v) is 8.20. The lowest BCUT2D eigenvalue weighted by Gasteiger charge is -2.07. The van der Waals surface area contributed by atoms with Crippen LogP contribution in [-0.2, 0) is 10.1 Å². The fourth-order valence-corrected chi connectivity index (χ4v) is 3.65. The molecule has 0 atom stereocenters. The maximum absolute atomic E-state index is 12.6. The van der Waals surface area contributed by atoms with Crippen molar-refractivity contribution < 1.29 is 12.6 Å². The van der Waals surface area contributed by atoms with Crippen molar-refractivity contribution in [2.24, 2.45) is 0 Å². The summed E-state index contributed by atoms with van der Waals surface area (Å²) in [7, 11) is -3.98. The van der Waals surface area contributed by atoms with Crippen LogP contribution in [0.5, 0.6) is 5.88 Å². The average Bonchev–Trinajstić information content (AvgIpc) is 3.17. The summed E-state index contributed by atoms with van der Waals surface area (Å²) in [5, 5.41) is 5.64. The Morgan fingerprint density at radius 3 is 2.17 bits per heavy atom. The first kappa shape index (κ1) is 19.7. The molecule has 0 saturated heterocycles. The van der Waals surface area contributed by atoms with E-state index in [-0.39, 0.29) is 5.88 Å². The van der Waals surface area contributed by atoms with Crippen molar-refractivity contribution in [1.29, 1.82) is 0 Å². The molecule has 6 heteroatoms. The van der Waals surface area contributed by atoms with Gasteiger partial charge in [-0.05, 0) is 30.7 Å². The van der Waals surface area contributed by atoms with Crippen molar-refractivity contribution in [1.82, 2.24) is 9.78 Å². The summed E-state index contributed by atoms with van der Waals surface area (Å²) in [5.74, 6) is 0.121. The van der Waals surface area contributed by atoms with Crippen molar-refractivity contribution >= 4 is 16.2 Å². The lowest BCUT2D eigenvalue weighted by atomic mass is 10.2. The fraction of sp³-hybridized carbons (Fsp3) is 0.0417. The van der Waals surface area contributed by atoms with E-state index < -0.39 is 10.1 Å². The normalized spacial score (nSPS) is 11.6. The number of rotatable bonds is 6. The first-order chi connectivity index (χ1) is 14.5. The van der Waals surface area contributed by atoms with E-state index in [1.807, 2.05) is 91.9 Å². The van der Waals surface area contributed by atoms with Gasteiger partial charge < -0.3 is 4.18 Å². The van der Waals surface area contributed by atoms with Crippen LogP contribution in [0.4, 0.5) is 0 Å². The summed E-state index contributed by atoms with van der Waals surface area (Å²) in [5.41, 5.74) is 4.05. The molecule has 0 fully saturated rings. The molecule has 4 rings (SSSR count). The Morgan fingerprint density at radius 2 is 1.50 bits per heavy atom. The molecule has 0 spiro atoms. The Hall–Kier alpha value is -3.64. The molecule has 0 saturated carbocycles. The molecule has 0 radical (unpaired) electrons. The van der Waals surface area contributed by atoms with Crippen molar-refractivity contribution in [2.75, 3.05) is 0 Å². The first-order valence-electron chi connectivity index (χ1n) is 9.40. The number of benzene rings is 3. The quantitative estimate of drug-likeness (QED) is 0.404. The molecule has 0 aliphatic rings. The van der Waals surface area contributed by atoms with Crippen molar-refractivity contribution in [3.8, 4) is 22.8 Å². The van der Waals surface area contributed by atoms with Gasteiger partial charge in [-0.3, -0.25) is 0 Å². The highest BCUT2D eigenvalue weighted by Crippen LogP contribution is 2.27. The van der Waals surface area contributed by atoms with Crippen molar-refractivity contribution in [3.05, 3.63) is 108 Å². The van der Waals surface area contributed by atoms with E-state index in [1.54, 1.807) is 6.07 Å². The van der Waals surface area contributed by atoms with Crippen LogP contribution >= 0.6 is 0 Å². The van der Waals surface area contributed by atoms with Gasteiger partial charge >= 0.3 is 10.1 Å². The van der Waals surface area contributed by atoms with E-state index in [0.29, 0.717) is 11.4 Å². The van der Waals surface area contributed by atoms with Crippen LogP contribution in [0.1, 0.15) is 11.1 Å². The van der Waals surface area contributed by atoms with Crippen LogP contribution in [0.3, 0.4) is 0 Å². The van der Waals surface area contributed by atoms with Crippen LogP contribution < -0.4 is 4.18 Å². The predicted molar refractivity (Wildman–Crippen MR) is 119 cm³/mol. The zero-order chi connectivity index (χ0) is 21.0. The Morgan fingerprint density at radius 1 is 0.867 bits per heavy atom. The largest absolute Gasteiger partial charge is 0.358 e. The van der Waals surface area contributed by atoms with Crippen LogP contribution in [-0.4, -0.2) is 18.2 Å². The average molecular weight is 417 g/mol. The molecule has 4 aromatic rings. The molecule has 0 N–H and O–H groups in total. The molecule has 0 unspecified atom stereocenters. The number of aryl methyl sites for hydroxylation is 1. The number of nitrogens with zero attached hydrogens (tertiary/aromatic N) is 2. The Bertz CT molecular complexity index is 1260. The standard InChI is InChI=1S/C24H20N2O3S/c1-19-12-14-22(15-13-19)26-24(18-23(25-26)21-10-6-3-7-11-21)29-30(27,28)17-16-20-8-4-2-5-9-20/h2-18H,1H3/b17-16+. The van der Waals surface area contributed by atoms with Crippen molar-refractivity contribution in [3.63, 3.8) is 0 Å². The summed E-state index contributed by atoms with van der Waals surface area (Å²) in [6, 6.07) is 28.0. The third-order valence-electron chi connectivity index (χ3n) is 4.45. The predicted octanol–water partition coefficient (Wildman–Crippen LogP) is 5.23. The highest BCUT2D eigenvalue weighted by molar-refractivity contribution is 7.90. The second kappa shape index (κ2) is 8.39. The van der Waals surface area contributed by atoms with Gasteiger partial charge in [0.1, 0.15) is 0 Å². The molecule has 5 nitrogen and oxygen atoms in total. The van der Waals surface area contributed by atoms with Crippen LogP contribution in [0, 0.1) is 6.92 Å². The monoisotopic (exact) mass is 416 g/mol. The van der Waals surface area contributed by atoms with Gasteiger partial charge in [-0.1, -0.05) is 78.4 Å². The molecule has 0 aliphatic heterocycles. The van der Waals surface area contributed by atoms with E-state index in [2.05, 4.69) is 5.10 Å². The third kappa shape index (κ3) is 4.67. The van der Waals surface area contributed by atoms with E-state index in [4.69, 9.17) is 4.18 Å². The van der Waals surface area contributed by atoms with Crippen LogP contribution in [0.15, 0.2) is 96.4 Å². The molecule has 30 heavy (non-hydrogen) atoms. The highest BCUT2D eigenvalue weighted by Gasteiger charge is 2.17. The van der Waals surface area contributed by atoms with E-state index in [9.17, 15) is 8.42 Å². The number of aromatic nitrogens is 2. The fourth-order valence-electron chi connectivity index (χ4n) is 2.92. The molecule has 1 aromatic heterocycles. The topological polar surface area (TPSA) is 61.2 Å². The molecule has 150 valence electrons. The Kier molecular flexibility index (Phi) is 5.50. The summed E-state index contributed by atoms with van der Waals surface area (Å²) in [4.78, 5) is 0. The molecular formula is C24H20N2O3S. The third-order valence-corrected chi connectivity index (χ3v) is 5.33. The van der Waals surface area contributed by atoms with Crippen molar-refractivity contribution in [2.45, 2.75) is 6.92 Å². The van der Waals surface area contributed by atoms with Crippen LogP contribution in [0.2, 0.25) is 0 Å². The van der Waals surface area contributed by atoms with Gasteiger partial charge in [-0.15, -0.1) is 0 Å². The summed E-state index contributed by atoms with van der Waals surface area (Å²) < 4.78 is 32.1. The molecule has 1 heterocycles. The summed E-state index contributed by atoms with van der Waals surface area (Å²) in [6.45, 7) is 1.98. The SMILES string of the molecule is Cc1ccc(-n2nc(-c3ccccc3)cc2OS(=O)(=O)/C=C/c2ccccc2)cc1. The van der Waals surface area contributed by atoms with E-state index in [1.165, 1.54) is 10.8 Å². The maximum Gasteiger partial charge on any atom is 0.333 e. The molecule has 3 aromatic carbocycles. The van der Waals surface area contributed by atoms with E-state index >= 15 is 0 Å². The Balaban J connectivity index is 1.71. The smallest absolute Gasteiger partial charge is 0.333 e. The minimum atomic E-state index is -3.98. The minimum Gasteiger partial charge on any atom is -0.358 e. The van der Waals surface area contributed by atoms with Gasteiger partial charge in [-0.2, -0.15) is 18.2 Å². The maximum atomic E-state index is 12.6. The van der Waals surface area contributed by atoms with Gasteiger partial charge in [0.25, 0.3) is 0 Å². The lowest BCUT2D eigenvalue weighted by Crippen LogP contribution is -2.09. The zero-order valence-corrected chi connectivity index (χ0v) is 17.2. The highest BCUT2D eigenvalue weighted by atomic mass is 32.2. The van der Waals surface area contributed by atoms with Gasteiger partial charge in [-0.25, -0.2) is 0 Å². The molecular weight excluding hydrogens is 396 g/mol. The molecule has 0 amide bonds.